The topological polar surface area (TPSA) is 118 Å². The van der Waals surface area contributed by atoms with Gasteiger partial charge in [0.15, 0.2) is 5.25 Å². The summed E-state index contributed by atoms with van der Waals surface area (Å²) in [6, 6.07) is 0. The summed E-state index contributed by atoms with van der Waals surface area (Å²) in [6.45, 7) is 2.37. The molecule has 2 N–H and O–H groups in total. The van der Waals surface area contributed by atoms with E-state index in [4.69, 9.17) is 14.4 Å². The maximum atomic E-state index is 11.5. The Hall–Kier alpha value is -1.15. The Morgan fingerprint density at radius 2 is 1.14 bits per heavy atom. The summed E-state index contributed by atoms with van der Waals surface area (Å²) in [4.78, 5) is 22.2. The number of carboxylic acid groups (broad SMARTS) is 1. The summed E-state index contributed by atoms with van der Waals surface area (Å²) in [5.74, 6) is -2.70. The second-order valence-electron chi connectivity index (χ2n) is 7.72. The van der Waals surface area contributed by atoms with Crippen molar-refractivity contribution in [2.24, 2.45) is 0 Å². The van der Waals surface area contributed by atoms with Crippen molar-refractivity contribution < 1.29 is 32.4 Å². The molecule has 0 saturated carbocycles. The van der Waals surface area contributed by atoms with Gasteiger partial charge in [-0.25, -0.2) is 0 Å². The van der Waals surface area contributed by atoms with E-state index in [-0.39, 0.29) is 6.61 Å². The molecule has 1 unspecified atom stereocenters. The highest BCUT2D eigenvalue weighted by Crippen LogP contribution is 2.13. The lowest BCUT2D eigenvalue weighted by atomic mass is 10.0. The second kappa shape index (κ2) is 17.7. The lowest BCUT2D eigenvalue weighted by Gasteiger charge is -2.09. The first-order chi connectivity index (χ1) is 13.8. The molecule has 0 aromatic heterocycles. The van der Waals surface area contributed by atoms with Gasteiger partial charge < -0.3 is 9.84 Å². The molecular formula is C21H40O7S. The summed E-state index contributed by atoms with van der Waals surface area (Å²) in [7, 11) is -4.82. The standard InChI is InChI=1S/C21H40O7S/c1-2-3-4-5-6-7-8-9-10-11-12-13-14-15-16-17-28-20(22)18-19(21(23)24)29(25,26)27/h19H,2-18H2,1H3,(H,23,24)(H,25,26,27). The molecule has 0 spiro atoms. The normalized spacial score (nSPS) is 12.6. The highest BCUT2D eigenvalue weighted by molar-refractivity contribution is 7.87. The van der Waals surface area contributed by atoms with Crippen LogP contribution in [0.3, 0.4) is 0 Å². The van der Waals surface area contributed by atoms with Crippen LogP contribution < -0.4 is 0 Å². The second-order valence-corrected chi connectivity index (χ2v) is 9.32. The molecule has 0 fully saturated rings. The Balaban J connectivity index is 3.45. The number of aliphatic carboxylic acids is 1. The Morgan fingerprint density at radius 3 is 1.48 bits per heavy atom. The van der Waals surface area contributed by atoms with E-state index in [1.54, 1.807) is 0 Å². The zero-order valence-corrected chi connectivity index (χ0v) is 18.8. The van der Waals surface area contributed by atoms with Crippen molar-refractivity contribution in [2.75, 3.05) is 6.61 Å². The van der Waals surface area contributed by atoms with Crippen LogP contribution in [-0.4, -0.2) is 41.9 Å². The van der Waals surface area contributed by atoms with Crippen molar-refractivity contribution in [3.05, 3.63) is 0 Å². The molecule has 7 nitrogen and oxygen atoms in total. The lowest BCUT2D eigenvalue weighted by molar-refractivity contribution is -0.147. The van der Waals surface area contributed by atoms with Gasteiger partial charge in [0.05, 0.1) is 13.0 Å². The molecule has 172 valence electrons. The highest BCUT2D eigenvalue weighted by Gasteiger charge is 2.33. The summed E-state index contributed by atoms with van der Waals surface area (Å²) in [6.07, 6.45) is 17.5. The van der Waals surface area contributed by atoms with E-state index in [1.807, 2.05) is 0 Å². The summed E-state index contributed by atoms with van der Waals surface area (Å²) < 4.78 is 35.4. The predicted molar refractivity (Wildman–Crippen MR) is 113 cm³/mol. The van der Waals surface area contributed by atoms with Crippen molar-refractivity contribution in [1.82, 2.24) is 0 Å². The van der Waals surface area contributed by atoms with Gasteiger partial charge in [-0.05, 0) is 6.42 Å². The zero-order chi connectivity index (χ0) is 22.0. The molecule has 0 aromatic carbocycles. The molecule has 0 bridgehead atoms. The number of unbranched alkanes of at least 4 members (excludes halogenated alkanes) is 14. The van der Waals surface area contributed by atoms with Crippen LogP contribution in [-0.2, 0) is 24.4 Å². The number of hydrogen-bond donors (Lipinski definition) is 2. The number of carboxylic acids is 1. The minimum atomic E-state index is -4.82. The van der Waals surface area contributed by atoms with Crippen molar-refractivity contribution in [1.29, 1.82) is 0 Å². The third-order valence-electron chi connectivity index (χ3n) is 5.00. The largest absolute Gasteiger partial charge is 0.480 e. The van der Waals surface area contributed by atoms with Crippen molar-refractivity contribution in [3.63, 3.8) is 0 Å². The molecule has 0 heterocycles. The van der Waals surface area contributed by atoms with Gasteiger partial charge in [-0.2, -0.15) is 8.42 Å². The van der Waals surface area contributed by atoms with Crippen molar-refractivity contribution in [3.8, 4) is 0 Å². The average Bonchev–Trinajstić information content (AvgIpc) is 2.64. The van der Waals surface area contributed by atoms with E-state index >= 15 is 0 Å². The molecule has 0 radical (unpaired) electrons. The quantitative estimate of drug-likeness (QED) is 0.154. The van der Waals surface area contributed by atoms with Gasteiger partial charge in [-0.15, -0.1) is 0 Å². The monoisotopic (exact) mass is 436 g/mol. The van der Waals surface area contributed by atoms with Crippen LogP contribution in [0.15, 0.2) is 0 Å². The minimum Gasteiger partial charge on any atom is -0.480 e. The smallest absolute Gasteiger partial charge is 0.325 e. The fraction of sp³-hybridized carbons (Fsp3) is 0.905. The van der Waals surface area contributed by atoms with Gasteiger partial charge >= 0.3 is 11.9 Å². The molecule has 0 aromatic rings. The van der Waals surface area contributed by atoms with Gasteiger partial charge in [-0.3, -0.25) is 14.1 Å². The molecule has 0 aliphatic carbocycles. The van der Waals surface area contributed by atoms with Crippen LogP contribution in [0, 0.1) is 0 Å². The van der Waals surface area contributed by atoms with Crippen LogP contribution in [0.2, 0.25) is 0 Å². The minimum absolute atomic E-state index is 0.134. The van der Waals surface area contributed by atoms with Gasteiger partial charge in [0.1, 0.15) is 0 Å². The van der Waals surface area contributed by atoms with E-state index in [9.17, 15) is 18.0 Å². The van der Waals surface area contributed by atoms with Gasteiger partial charge in [0.25, 0.3) is 10.1 Å². The number of hydrogen-bond acceptors (Lipinski definition) is 5. The Bertz CT molecular complexity index is 531. The van der Waals surface area contributed by atoms with E-state index in [1.165, 1.54) is 70.6 Å². The van der Waals surface area contributed by atoms with E-state index in [0.29, 0.717) is 6.42 Å². The van der Waals surface area contributed by atoms with Crippen molar-refractivity contribution >= 4 is 22.1 Å². The van der Waals surface area contributed by atoms with Gasteiger partial charge in [0, 0.05) is 0 Å². The van der Waals surface area contributed by atoms with Crippen LogP contribution in [0.4, 0.5) is 0 Å². The summed E-state index contributed by atoms with van der Waals surface area (Å²) >= 11 is 0. The first-order valence-electron chi connectivity index (χ1n) is 11.1. The number of carbonyl (C=O) groups excluding carboxylic acids is 1. The third-order valence-corrected chi connectivity index (χ3v) is 6.09. The molecule has 0 rings (SSSR count). The maximum absolute atomic E-state index is 11.5. The molecule has 0 saturated heterocycles. The predicted octanol–water partition coefficient (Wildman–Crippen LogP) is 5.13. The number of rotatable bonds is 20. The fourth-order valence-electron chi connectivity index (χ4n) is 3.19. The first-order valence-corrected chi connectivity index (χ1v) is 12.6. The number of carbonyl (C=O) groups is 2. The Kier molecular flexibility index (Phi) is 17.0. The van der Waals surface area contributed by atoms with Crippen LogP contribution in [0.1, 0.15) is 110 Å². The molecule has 0 amide bonds. The molecule has 0 aliphatic heterocycles. The van der Waals surface area contributed by atoms with Crippen LogP contribution in [0.5, 0.6) is 0 Å². The summed E-state index contributed by atoms with van der Waals surface area (Å²) in [5, 5.41) is 6.55. The lowest BCUT2D eigenvalue weighted by Crippen LogP contribution is -2.32. The van der Waals surface area contributed by atoms with E-state index in [0.717, 1.165) is 19.3 Å². The SMILES string of the molecule is CCCCCCCCCCCCCCCCCOC(=O)CC(C(=O)O)S(=O)(=O)O. The molecule has 29 heavy (non-hydrogen) atoms. The van der Waals surface area contributed by atoms with Crippen LogP contribution in [0.25, 0.3) is 0 Å². The summed E-state index contributed by atoms with van der Waals surface area (Å²) in [5.41, 5.74) is 0. The fourth-order valence-corrected chi connectivity index (χ4v) is 3.79. The Morgan fingerprint density at radius 1 is 0.759 bits per heavy atom. The average molecular weight is 437 g/mol. The Labute approximate surface area is 176 Å². The van der Waals surface area contributed by atoms with Gasteiger partial charge in [-0.1, -0.05) is 96.8 Å². The molecule has 0 aliphatic rings. The first kappa shape index (κ1) is 27.8. The molecule has 8 heteroatoms. The maximum Gasteiger partial charge on any atom is 0.325 e. The zero-order valence-electron chi connectivity index (χ0n) is 17.9. The van der Waals surface area contributed by atoms with Gasteiger partial charge in [0.2, 0.25) is 0 Å². The highest BCUT2D eigenvalue weighted by atomic mass is 32.2. The van der Waals surface area contributed by atoms with E-state index in [2.05, 4.69) is 6.92 Å². The van der Waals surface area contributed by atoms with E-state index < -0.39 is 33.7 Å². The third kappa shape index (κ3) is 17.4. The molecule has 1 atom stereocenters. The number of ether oxygens (including phenoxy) is 1. The van der Waals surface area contributed by atoms with Crippen molar-refractivity contribution in [2.45, 2.75) is 115 Å². The molecular weight excluding hydrogens is 396 g/mol. The number of esters is 1. The van der Waals surface area contributed by atoms with Crippen LogP contribution >= 0.6 is 0 Å².